The van der Waals surface area contributed by atoms with E-state index in [2.05, 4.69) is 27.0 Å². The molecule has 2 aromatic carbocycles. The van der Waals surface area contributed by atoms with E-state index in [1.807, 2.05) is 47.0 Å². The van der Waals surface area contributed by atoms with Gasteiger partial charge in [0.05, 0.1) is 23.3 Å². The highest BCUT2D eigenvalue weighted by Gasteiger charge is 2.13. The first kappa shape index (κ1) is 16.3. The van der Waals surface area contributed by atoms with Crippen molar-refractivity contribution in [2.45, 2.75) is 19.3 Å². The second kappa shape index (κ2) is 7.84. The summed E-state index contributed by atoms with van der Waals surface area (Å²) in [5.74, 6) is 0. The van der Waals surface area contributed by atoms with Gasteiger partial charge in [-0.05, 0) is 55.7 Å². The van der Waals surface area contributed by atoms with Crippen LogP contribution in [0.3, 0.4) is 0 Å². The van der Waals surface area contributed by atoms with Crippen LogP contribution < -0.4 is 4.74 Å². The number of ether oxygens (including phenoxy) is 1. The Morgan fingerprint density at radius 3 is 2.57 bits per heavy atom. The number of nitrogens with zero attached hydrogens (tertiary/aromatic N) is 2. The van der Waals surface area contributed by atoms with E-state index in [4.69, 9.17) is 16.3 Å². The van der Waals surface area contributed by atoms with Crippen LogP contribution in [0.15, 0.2) is 48.5 Å². The van der Waals surface area contributed by atoms with Crippen LogP contribution >= 0.6 is 27.5 Å². The minimum Gasteiger partial charge on any atom is -0.464 e. The molecule has 0 unspecified atom stereocenters. The van der Waals surface area contributed by atoms with Crippen LogP contribution in [0.5, 0.6) is 6.01 Å². The van der Waals surface area contributed by atoms with E-state index in [0.29, 0.717) is 12.6 Å². The highest BCUT2D eigenvalue weighted by Crippen LogP contribution is 2.27. The standard InChI is InChI=1S/C18H18BrClN2O/c19-12-4-1-5-13-23-18-21-16-6-2-3-7-17(16)22(18)15-10-8-14(20)9-11-15/h2-3,6-11H,1,4-5,12-13H2. The van der Waals surface area contributed by atoms with Crippen LogP contribution in [0.1, 0.15) is 19.3 Å². The summed E-state index contributed by atoms with van der Waals surface area (Å²) in [4.78, 5) is 4.63. The van der Waals surface area contributed by atoms with Gasteiger partial charge in [-0.1, -0.05) is 39.7 Å². The van der Waals surface area contributed by atoms with Gasteiger partial charge in [0, 0.05) is 10.4 Å². The lowest BCUT2D eigenvalue weighted by atomic mass is 10.3. The Labute approximate surface area is 149 Å². The van der Waals surface area contributed by atoms with E-state index in [-0.39, 0.29) is 0 Å². The third kappa shape index (κ3) is 3.88. The lowest BCUT2D eigenvalue weighted by molar-refractivity contribution is 0.280. The molecule has 0 atom stereocenters. The summed E-state index contributed by atoms with van der Waals surface area (Å²) in [5, 5.41) is 1.76. The van der Waals surface area contributed by atoms with Gasteiger partial charge in [0.15, 0.2) is 0 Å². The van der Waals surface area contributed by atoms with Gasteiger partial charge in [-0.25, -0.2) is 0 Å². The minimum absolute atomic E-state index is 0.632. The molecule has 0 aliphatic rings. The summed E-state index contributed by atoms with van der Waals surface area (Å²) in [6.07, 6.45) is 3.33. The predicted molar refractivity (Wildman–Crippen MR) is 99.2 cm³/mol. The maximum Gasteiger partial charge on any atom is 0.302 e. The summed E-state index contributed by atoms with van der Waals surface area (Å²) in [7, 11) is 0. The zero-order valence-electron chi connectivity index (χ0n) is 12.7. The Morgan fingerprint density at radius 1 is 1.00 bits per heavy atom. The molecule has 0 aliphatic carbocycles. The first-order valence-corrected chi connectivity index (χ1v) is 9.22. The largest absolute Gasteiger partial charge is 0.464 e. The van der Waals surface area contributed by atoms with E-state index < -0.39 is 0 Å². The fourth-order valence-electron chi connectivity index (χ4n) is 2.48. The Bertz CT molecular complexity index is 770. The third-order valence-corrected chi connectivity index (χ3v) is 4.44. The monoisotopic (exact) mass is 392 g/mol. The van der Waals surface area contributed by atoms with Gasteiger partial charge in [0.25, 0.3) is 0 Å². The summed E-state index contributed by atoms with van der Waals surface area (Å²) in [5.41, 5.74) is 2.96. The molecule has 23 heavy (non-hydrogen) atoms. The van der Waals surface area contributed by atoms with Crippen molar-refractivity contribution < 1.29 is 4.74 Å². The normalized spacial score (nSPS) is 11.0. The summed E-state index contributed by atoms with van der Waals surface area (Å²) in [6.45, 7) is 0.671. The zero-order chi connectivity index (χ0) is 16.1. The lowest BCUT2D eigenvalue weighted by Gasteiger charge is -2.10. The first-order chi connectivity index (χ1) is 11.3. The molecule has 0 bridgehead atoms. The van der Waals surface area contributed by atoms with Gasteiger partial charge in [0.1, 0.15) is 0 Å². The number of benzene rings is 2. The van der Waals surface area contributed by atoms with E-state index in [0.717, 1.165) is 46.3 Å². The molecular weight excluding hydrogens is 376 g/mol. The van der Waals surface area contributed by atoms with Crippen LogP contribution in [-0.2, 0) is 0 Å². The zero-order valence-corrected chi connectivity index (χ0v) is 15.1. The maximum absolute atomic E-state index is 6.00. The Morgan fingerprint density at radius 2 is 1.78 bits per heavy atom. The Hall–Kier alpha value is -1.52. The topological polar surface area (TPSA) is 27.1 Å². The summed E-state index contributed by atoms with van der Waals surface area (Å²) < 4.78 is 7.99. The van der Waals surface area contributed by atoms with Crippen LogP contribution in [0.2, 0.25) is 5.02 Å². The second-order valence-electron chi connectivity index (χ2n) is 5.29. The van der Waals surface area contributed by atoms with Gasteiger partial charge < -0.3 is 4.74 Å². The van der Waals surface area contributed by atoms with Gasteiger partial charge in [0.2, 0.25) is 0 Å². The number of rotatable bonds is 7. The van der Waals surface area contributed by atoms with Crippen molar-refractivity contribution >= 4 is 38.6 Å². The number of unbranched alkanes of at least 4 members (excludes halogenated alkanes) is 2. The van der Waals surface area contributed by atoms with Crippen molar-refractivity contribution in [2.75, 3.05) is 11.9 Å². The Balaban J connectivity index is 1.90. The molecule has 0 radical (unpaired) electrons. The molecule has 1 aromatic heterocycles. The average Bonchev–Trinajstić information content (AvgIpc) is 2.94. The molecule has 1 heterocycles. The van der Waals surface area contributed by atoms with E-state index >= 15 is 0 Å². The fraction of sp³-hybridized carbons (Fsp3) is 0.278. The fourth-order valence-corrected chi connectivity index (χ4v) is 3.00. The molecule has 0 saturated heterocycles. The summed E-state index contributed by atoms with van der Waals surface area (Å²) in [6, 6.07) is 16.4. The number of imidazole rings is 1. The van der Waals surface area contributed by atoms with Gasteiger partial charge in [-0.2, -0.15) is 4.98 Å². The van der Waals surface area contributed by atoms with E-state index in [1.54, 1.807) is 0 Å². The van der Waals surface area contributed by atoms with Crippen LogP contribution in [0, 0.1) is 0 Å². The number of halogens is 2. The Kier molecular flexibility index (Phi) is 5.57. The van der Waals surface area contributed by atoms with Crippen LogP contribution in [0.4, 0.5) is 0 Å². The van der Waals surface area contributed by atoms with Crippen molar-refractivity contribution in [3.63, 3.8) is 0 Å². The highest BCUT2D eigenvalue weighted by atomic mass is 79.9. The maximum atomic E-state index is 6.00. The molecule has 3 rings (SSSR count). The number of hydrogen-bond acceptors (Lipinski definition) is 2. The van der Waals surface area contributed by atoms with E-state index in [1.165, 1.54) is 0 Å². The molecule has 5 heteroatoms. The van der Waals surface area contributed by atoms with Gasteiger partial charge >= 0.3 is 6.01 Å². The molecule has 120 valence electrons. The molecule has 0 spiro atoms. The first-order valence-electron chi connectivity index (χ1n) is 7.72. The molecule has 0 saturated carbocycles. The van der Waals surface area contributed by atoms with Gasteiger partial charge in [-0.15, -0.1) is 0 Å². The number of alkyl halides is 1. The second-order valence-corrected chi connectivity index (χ2v) is 6.52. The molecule has 0 amide bonds. The van der Waals surface area contributed by atoms with Crippen molar-refractivity contribution in [3.8, 4) is 11.7 Å². The van der Waals surface area contributed by atoms with Crippen molar-refractivity contribution in [1.82, 2.24) is 9.55 Å². The number of fused-ring (bicyclic) bond motifs is 1. The molecule has 0 N–H and O–H groups in total. The van der Waals surface area contributed by atoms with Crippen molar-refractivity contribution in [3.05, 3.63) is 53.6 Å². The number of para-hydroxylation sites is 2. The molecule has 0 fully saturated rings. The SMILES string of the molecule is Clc1ccc(-n2c(OCCCCCBr)nc3ccccc32)cc1. The number of hydrogen-bond donors (Lipinski definition) is 0. The van der Waals surface area contributed by atoms with E-state index in [9.17, 15) is 0 Å². The average molecular weight is 394 g/mol. The molecule has 3 aromatic rings. The molecule has 0 aliphatic heterocycles. The third-order valence-electron chi connectivity index (χ3n) is 3.62. The van der Waals surface area contributed by atoms with Crippen molar-refractivity contribution in [2.24, 2.45) is 0 Å². The number of aromatic nitrogens is 2. The smallest absolute Gasteiger partial charge is 0.302 e. The van der Waals surface area contributed by atoms with Crippen molar-refractivity contribution in [1.29, 1.82) is 0 Å². The minimum atomic E-state index is 0.632. The molecular formula is C18H18BrClN2O. The quantitative estimate of drug-likeness (QED) is 0.384. The lowest BCUT2D eigenvalue weighted by Crippen LogP contribution is -2.04. The van der Waals surface area contributed by atoms with Gasteiger partial charge in [-0.3, -0.25) is 4.57 Å². The molecule has 3 nitrogen and oxygen atoms in total. The summed E-state index contributed by atoms with van der Waals surface area (Å²) >= 11 is 9.45. The van der Waals surface area contributed by atoms with Crippen LogP contribution in [0.25, 0.3) is 16.7 Å². The predicted octanol–water partition coefficient (Wildman–Crippen LogP) is 5.62. The highest BCUT2D eigenvalue weighted by molar-refractivity contribution is 9.09. The van der Waals surface area contributed by atoms with Crippen LogP contribution in [-0.4, -0.2) is 21.5 Å².